The molecular formula is C15H15ClN2O2S. The molecule has 110 valence electrons. The Morgan fingerprint density at radius 1 is 1.10 bits per heavy atom. The van der Waals surface area contributed by atoms with E-state index in [1.54, 1.807) is 18.2 Å². The maximum atomic E-state index is 12.7. The molecule has 21 heavy (non-hydrogen) atoms. The monoisotopic (exact) mass is 322 g/mol. The van der Waals surface area contributed by atoms with Crippen LogP contribution in [0, 0.1) is 0 Å². The highest BCUT2D eigenvalue weighted by Gasteiger charge is 2.28. The zero-order chi connectivity index (χ0) is 15.0. The van der Waals surface area contributed by atoms with E-state index in [4.69, 9.17) is 17.3 Å². The van der Waals surface area contributed by atoms with Gasteiger partial charge < -0.3 is 5.73 Å². The summed E-state index contributed by atoms with van der Waals surface area (Å²) in [5.41, 5.74) is 8.55. The summed E-state index contributed by atoms with van der Waals surface area (Å²) in [6, 6.07) is 12.0. The summed E-state index contributed by atoms with van der Waals surface area (Å²) in [6.07, 6.45) is 0.690. The van der Waals surface area contributed by atoms with Crippen molar-refractivity contribution in [1.82, 2.24) is 4.31 Å². The first-order chi connectivity index (χ1) is 9.96. The zero-order valence-electron chi connectivity index (χ0n) is 11.3. The summed E-state index contributed by atoms with van der Waals surface area (Å²) >= 11 is 5.89. The Balaban J connectivity index is 1.95. The van der Waals surface area contributed by atoms with Crippen LogP contribution in [-0.2, 0) is 23.0 Å². The second-order valence-electron chi connectivity index (χ2n) is 5.07. The molecule has 0 radical (unpaired) electrons. The van der Waals surface area contributed by atoms with E-state index in [0.717, 1.165) is 11.1 Å². The van der Waals surface area contributed by atoms with Crippen molar-refractivity contribution in [2.75, 3.05) is 12.3 Å². The third-order valence-electron chi connectivity index (χ3n) is 3.64. The molecule has 0 atom stereocenters. The lowest BCUT2D eigenvalue weighted by Gasteiger charge is -2.28. The molecule has 0 spiro atoms. The molecular weight excluding hydrogens is 308 g/mol. The second kappa shape index (κ2) is 5.33. The van der Waals surface area contributed by atoms with E-state index in [1.165, 1.54) is 10.4 Å². The van der Waals surface area contributed by atoms with Crippen LogP contribution in [0.3, 0.4) is 0 Å². The molecule has 4 nitrogen and oxygen atoms in total. The van der Waals surface area contributed by atoms with Crippen LogP contribution in [0.25, 0.3) is 0 Å². The van der Waals surface area contributed by atoms with Crippen LogP contribution in [0.1, 0.15) is 11.1 Å². The number of sulfonamides is 1. The molecule has 0 bridgehead atoms. The number of benzene rings is 2. The van der Waals surface area contributed by atoms with Crippen LogP contribution < -0.4 is 5.73 Å². The molecule has 1 heterocycles. The van der Waals surface area contributed by atoms with E-state index in [0.29, 0.717) is 30.2 Å². The van der Waals surface area contributed by atoms with Crippen molar-refractivity contribution in [2.24, 2.45) is 0 Å². The van der Waals surface area contributed by atoms with E-state index >= 15 is 0 Å². The van der Waals surface area contributed by atoms with Crippen molar-refractivity contribution in [2.45, 2.75) is 17.9 Å². The SMILES string of the molecule is Nc1ccc2c(c1)CN(S(=O)(=O)c1cccc(Cl)c1)CC2. The minimum Gasteiger partial charge on any atom is -0.399 e. The Morgan fingerprint density at radius 2 is 1.90 bits per heavy atom. The van der Waals surface area contributed by atoms with Gasteiger partial charge >= 0.3 is 0 Å². The van der Waals surface area contributed by atoms with Crippen LogP contribution in [0.15, 0.2) is 47.4 Å². The van der Waals surface area contributed by atoms with E-state index in [2.05, 4.69) is 0 Å². The van der Waals surface area contributed by atoms with Crippen molar-refractivity contribution in [3.05, 3.63) is 58.6 Å². The van der Waals surface area contributed by atoms with Gasteiger partial charge in [0.15, 0.2) is 0 Å². The summed E-state index contributed by atoms with van der Waals surface area (Å²) in [7, 11) is -3.53. The number of hydrogen-bond donors (Lipinski definition) is 1. The van der Waals surface area contributed by atoms with Gasteiger partial charge in [-0.3, -0.25) is 0 Å². The standard InChI is InChI=1S/C15H15ClN2O2S/c16-13-2-1-3-15(9-13)21(19,20)18-7-6-11-4-5-14(17)8-12(11)10-18/h1-5,8-9H,6-7,10,17H2. The van der Waals surface area contributed by atoms with Gasteiger partial charge in [-0.25, -0.2) is 8.42 Å². The Hall–Kier alpha value is -1.56. The van der Waals surface area contributed by atoms with Gasteiger partial charge in [-0.2, -0.15) is 4.31 Å². The fraction of sp³-hybridized carbons (Fsp3) is 0.200. The molecule has 0 aromatic heterocycles. The van der Waals surface area contributed by atoms with Crippen molar-refractivity contribution in [1.29, 1.82) is 0 Å². The molecule has 6 heteroatoms. The average molecular weight is 323 g/mol. The molecule has 0 unspecified atom stereocenters. The Morgan fingerprint density at radius 3 is 2.67 bits per heavy atom. The summed E-state index contributed by atoms with van der Waals surface area (Å²) in [5, 5.41) is 0.415. The van der Waals surface area contributed by atoms with Crippen LogP contribution >= 0.6 is 11.6 Å². The van der Waals surface area contributed by atoms with Gasteiger partial charge in [-0.1, -0.05) is 23.7 Å². The van der Waals surface area contributed by atoms with Crippen molar-refractivity contribution < 1.29 is 8.42 Å². The van der Waals surface area contributed by atoms with Crippen LogP contribution in [0.5, 0.6) is 0 Å². The van der Waals surface area contributed by atoms with Gasteiger partial charge in [0.2, 0.25) is 10.0 Å². The maximum Gasteiger partial charge on any atom is 0.243 e. The largest absolute Gasteiger partial charge is 0.399 e. The summed E-state index contributed by atoms with van der Waals surface area (Å²) in [4.78, 5) is 0.224. The van der Waals surface area contributed by atoms with E-state index in [9.17, 15) is 8.42 Å². The van der Waals surface area contributed by atoms with Gasteiger partial charge in [0.25, 0.3) is 0 Å². The maximum absolute atomic E-state index is 12.7. The summed E-state index contributed by atoms with van der Waals surface area (Å²) in [5.74, 6) is 0. The van der Waals surface area contributed by atoms with E-state index in [-0.39, 0.29) is 4.90 Å². The third-order valence-corrected chi connectivity index (χ3v) is 5.72. The molecule has 1 aliphatic heterocycles. The molecule has 2 aromatic rings. The molecule has 3 rings (SSSR count). The average Bonchev–Trinajstić information content (AvgIpc) is 2.46. The minimum atomic E-state index is -3.53. The van der Waals surface area contributed by atoms with E-state index in [1.807, 2.05) is 18.2 Å². The fourth-order valence-electron chi connectivity index (χ4n) is 2.53. The normalized spacial score (nSPS) is 15.7. The molecule has 0 amide bonds. The predicted octanol–water partition coefficient (Wildman–Crippen LogP) is 2.67. The first-order valence-electron chi connectivity index (χ1n) is 6.60. The smallest absolute Gasteiger partial charge is 0.243 e. The van der Waals surface area contributed by atoms with Crippen LogP contribution in [0.2, 0.25) is 5.02 Å². The quantitative estimate of drug-likeness (QED) is 0.865. The minimum absolute atomic E-state index is 0.224. The highest BCUT2D eigenvalue weighted by molar-refractivity contribution is 7.89. The number of fused-ring (bicyclic) bond motifs is 1. The molecule has 0 saturated heterocycles. The van der Waals surface area contributed by atoms with Gasteiger partial charge in [-0.05, 0) is 47.9 Å². The van der Waals surface area contributed by atoms with Crippen molar-refractivity contribution in [3.63, 3.8) is 0 Å². The summed E-state index contributed by atoms with van der Waals surface area (Å²) in [6.45, 7) is 0.807. The molecule has 2 N–H and O–H groups in total. The first-order valence-corrected chi connectivity index (χ1v) is 8.41. The highest BCUT2D eigenvalue weighted by atomic mass is 35.5. The second-order valence-corrected chi connectivity index (χ2v) is 7.45. The Labute approximate surface area is 129 Å². The zero-order valence-corrected chi connectivity index (χ0v) is 12.9. The third kappa shape index (κ3) is 2.77. The van der Waals surface area contributed by atoms with Gasteiger partial charge in [0.05, 0.1) is 4.90 Å². The predicted molar refractivity (Wildman–Crippen MR) is 83.6 cm³/mol. The number of nitrogens with zero attached hydrogens (tertiary/aromatic N) is 1. The van der Waals surface area contributed by atoms with Crippen LogP contribution in [0.4, 0.5) is 5.69 Å². The topological polar surface area (TPSA) is 63.4 Å². The van der Waals surface area contributed by atoms with Crippen molar-refractivity contribution >= 4 is 27.3 Å². The van der Waals surface area contributed by atoms with E-state index < -0.39 is 10.0 Å². The number of rotatable bonds is 2. The number of nitrogens with two attached hydrogens (primary N) is 1. The first kappa shape index (κ1) is 14.4. The molecule has 2 aromatic carbocycles. The van der Waals surface area contributed by atoms with Gasteiger partial charge in [-0.15, -0.1) is 0 Å². The Bertz CT molecular complexity index is 790. The number of anilines is 1. The molecule has 1 aliphatic rings. The number of nitrogen functional groups attached to an aromatic ring is 1. The van der Waals surface area contributed by atoms with Gasteiger partial charge in [0, 0.05) is 23.8 Å². The lowest BCUT2D eigenvalue weighted by Crippen LogP contribution is -2.36. The van der Waals surface area contributed by atoms with Crippen LogP contribution in [-0.4, -0.2) is 19.3 Å². The number of hydrogen-bond acceptors (Lipinski definition) is 3. The molecule has 0 aliphatic carbocycles. The lowest BCUT2D eigenvalue weighted by molar-refractivity contribution is 0.391. The lowest BCUT2D eigenvalue weighted by atomic mass is 10.0. The van der Waals surface area contributed by atoms with Gasteiger partial charge in [0.1, 0.15) is 0 Å². The van der Waals surface area contributed by atoms with Crippen molar-refractivity contribution in [3.8, 4) is 0 Å². The number of halogens is 1. The Kier molecular flexibility index (Phi) is 3.65. The highest BCUT2D eigenvalue weighted by Crippen LogP contribution is 2.27. The fourth-order valence-corrected chi connectivity index (χ4v) is 4.25. The molecule has 0 fully saturated rings. The molecule has 0 saturated carbocycles. The summed E-state index contributed by atoms with van der Waals surface area (Å²) < 4.78 is 26.8.